The molecule has 11 nitrogen and oxygen atoms in total. The number of aliphatic carboxylic acids is 1. The van der Waals surface area contributed by atoms with Crippen LogP contribution in [0.15, 0.2) is 22.3 Å². The highest BCUT2D eigenvalue weighted by Crippen LogP contribution is 2.40. The van der Waals surface area contributed by atoms with Crippen molar-refractivity contribution in [3.05, 3.63) is 22.8 Å². The zero-order valence-corrected chi connectivity index (χ0v) is 17.7. The lowest BCUT2D eigenvalue weighted by molar-refractivity contribution is -0.150. The van der Waals surface area contributed by atoms with Crippen LogP contribution in [0.5, 0.6) is 0 Å². The minimum Gasteiger partial charge on any atom is -0.477 e. The third kappa shape index (κ3) is 4.31. The van der Waals surface area contributed by atoms with Gasteiger partial charge in [0.05, 0.1) is 0 Å². The van der Waals surface area contributed by atoms with Crippen molar-refractivity contribution in [3.8, 4) is 0 Å². The van der Waals surface area contributed by atoms with Gasteiger partial charge in [0.25, 0.3) is 11.8 Å². The zero-order valence-electron chi connectivity index (χ0n) is 16.0. The van der Waals surface area contributed by atoms with E-state index in [1.54, 1.807) is 0 Å². The molecule has 3 atom stereocenters. The fourth-order valence-corrected chi connectivity index (χ4v) is 4.83. The summed E-state index contributed by atoms with van der Waals surface area (Å²) in [7, 11) is 0. The Kier molecular flexibility index (Phi) is 6.72. The van der Waals surface area contributed by atoms with Gasteiger partial charge in [0, 0.05) is 10.6 Å². The third-order valence-electron chi connectivity index (χ3n) is 4.15. The molecule has 0 aliphatic carbocycles. The van der Waals surface area contributed by atoms with Crippen LogP contribution in [0.25, 0.3) is 0 Å². The number of β-lactam (4-membered cyclic amide) rings is 1. The second-order valence-electron chi connectivity index (χ2n) is 6.32. The van der Waals surface area contributed by atoms with E-state index in [-0.39, 0.29) is 34.1 Å². The summed E-state index contributed by atoms with van der Waals surface area (Å²) >= 11 is 2.47. The average molecular weight is 454 g/mol. The monoisotopic (exact) mass is 453 g/mol. The lowest BCUT2D eigenvalue weighted by Gasteiger charge is -2.49. The Morgan fingerprint density at radius 1 is 1.47 bits per heavy atom. The van der Waals surface area contributed by atoms with Crippen LogP contribution in [-0.2, 0) is 24.0 Å². The molecule has 30 heavy (non-hydrogen) atoms. The Morgan fingerprint density at radius 3 is 2.90 bits per heavy atom. The number of rotatable bonds is 9. The Bertz CT molecular complexity index is 929. The maximum absolute atomic E-state index is 12.9. The van der Waals surface area contributed by atoms with Gasteiger partial charge in [-0.05, 0) is 19.4 Å². The fraction of sp³-hybridized carbons (Fsp3) is 0.412. The standard InChI is InChI=1S/C17H19N5O6S2/c1-3-4-28-21-11(9-6-29-17(19-9)18-7-23)13(24)20-12-14(25)22-10(16(26)27)5-8(2)30-15(12)22/h5-8,12,15H,3-4H2,1-2H3,(H,20,24)(H,26,27)(H,18,19,23)/b21-11+/t8?,12?,15-/m1/s1. The summed E-state index contributed by atoms with van der Waals surface area (Å²) in [5.41, 5.74) is -0.0591. The Balaban J connectivity index is 1.78. The van der Waals surface area contributed by atoms with Gasteiger partial charge in [-0.2, -0.15) is 0 Å². The Labute approximate surface area is 179 Å². The highest BCUT2D eigenvalue weighted by Gasteiger charge is 2.54. The quantitative estimate of drug-likeness (QED) is 0.162. The molecule has 1 aromatic heterocycles. The van der Waals surface area contributed by atoms with Gasteiger partial charge in [-0.1, -0.05) is 12.1 Å². The Morgan fingerprint density at radius 2 is 2.23 bits per heavy atom. The molecule has 13 heteroatoms. The SMILES string of the molecule is CCCO/N=C(/C(=O)NC1C(=O)N2C(C(=O)O)=CC(C)S[C@H]12)c1csc(NC=O)n1. The van der Waals surface area contributed by atoms with Crippen molar-refractivity contribution in [2.45, 2.75) is 36.9 Å². The first-order chi connectivity index (χ1) is 14.4. The number of hydrogen-bond acceptors (Lipinski definition) is 9. The van der Waals surface area contributed by atoms with Gasteiger partial charge in [-0.15, -0.1) is 23.1 Å². The number of carboxylic acids is 1. The average Bonchev–Trinajstić information content (AvgIpc) is 3.17. The van der Waals surface area contributed by atoms with Gasteiger partial charge < -0.3 is 20.6 Å². The minimum atomic E-state index is -1.20. The fourth-order valence-electron chi connectivity index (χ4n) is 2.84. The van der Waals surface area contributed by atoms with Crippen LogP contribution in [0.2, 0.25) is 0 Å². The summed E-state index contributed by atoms with van der Waals surface area (Å²) in [6.07, 6.45) is 2.63. The summed E-state index contributed by atoms with van der Waals surface area (Å²) < 4.78 is 0. The largest absolute Gasteiger partial charge is 0.477 e. The molecule has 1 aromatic rings. The first kappa shape index (κ1) is 21.8. The first-order valence-electron chi connectivity index (χ1n) is 8.97. The molecule has 0 radical (unpaired) electrons. The molecular formula is C17H19N5O6S2. The summed E-state index contributed by atoms with van der Waals surface area (Å²) in [6, 6.07) is -0.907. The zero-order chi connectivity index (χ0) is 21.8. The maximum atomic E-state index is 12.9. The van der Waals surface area contributed by atoms with Gasteiger partial charge in [0.15, 0.2) is 10.8 Å². The molecule has 0 saturated carbocycles. The molecule has 3 heterocycles. The van der Waals surface area contributed by atoms with Crippen molar-refractivity contribution in [2.24, 2.45) is 5.16 Å². The molecule has 0 spiro atoms. The van der Waals surface area contributed by atoms with Gasteiger partial charge >= 0.3 is 5.97 Å². The molecule has 3 rings (SSSR count). The number of carbonyl (C=O) groups is 4. The van der Waals surface area contributed by atoms with Gasteiger partial charge in [0.2, 0.25) is 6.41 Å². The van der Waals surface area contributed by atoms with E-state index < -0.39 is 29.2 Å². The van der Waals surface area contributed by atoms with Crippen LogP contribution in [-0.4, -0.2) is 68.2 Å². The summed E-state index contributed by atoms with van der Waals surface area (Å²) in [4.78, 5) is 57.8. The summed E-state index contributed by atoms with van der Waals surface area (Å²) in [6.45, 7) is 3.97. The number of nitrogens with one attached hydrogen (secondary N) is 2. The van der Waals surface area contributed by atoms with E-state index in [1.807, 2.05) is 13.8 Å². The molecule has 3 amide bonds. The van der Waals surface area contributed by atoms with E-state index in [0.717, 1.165) is 16.2 Å². The van der Waals surface area contributed by atoms with Crippen molar-refractivity contribution in [1.82, 2.24) is 15.2 Å². The number of nitrogens with zero attached hydrogens (tertiary/aromatic N) is 3. The summed E-state index contributed by atoms with van der Waals surface area (Å²) in [5.74, 6) is -2.40. The lowest BCUT2D eigenvalue weighted by Crippen LogP contribution is -2.71. The predicted molar refractivity (Wildman–Crippen MR) is 110 cm³/mol. The minimum absolute atomic E-state index is 0.0917. The smallest absolute Gasteiger partial charge is 0.352 e. The van der Waals surface area contributed by atoms with E-state index in [9.17, 15) is 24.3 Å². The van der Waals surface area contributed by atoms with Crippen LogP contribution < -0.4 is 10.6 Å². The van der Waals surface area contributed by atoms with Crippen LogP contribution in [0, 0.1) is 0 Å². The van der Waals surface area contributed by atoms with Crippen molar-refractivity contribution in [3.63, 3.8) is 0 Å². The molecule has 0 aromatic carbocycles. The van der Waals surface area contributed by atoms with E-state index in [0.29, 0.717) is 12.8 Å². The number of amides is 3. The van der Waals surface area contributed by atoms with E-state index in [1.165, 1.54) is 23.2 Å². The number of aromatic nitrogens is 1. The summed E-state index contributed by atoms with van der Waals surface area (Å²) in [5, 5.41) is 19.3. The number of carbonyl (C=O) groups excluding carboxylic acids is 3. The topological polar surface area (TPSA) is 150 Å². The van der Waals surface area contributed by atoms with Gasteiger partial charge in [-0.3, -0.25) is 19.3 Å². The molecule has 2 aliphatic rings. The third-order valence-corrected chi connectivity index (χ3v) is 6.25. The van der Waals surface area contributed by atoms with Crippen molar-refractivity contribution < 1.29 is 29.1 Å². The molecular weight excluding hydrogens is 434 g/mol. The number of fused-ring (bicyclic) bond motifs is 1. The van der Waals surface area contributed by atoms with Crippen molar-refractivity contribution in [1.29, 1.82) is 0 Å². The Hall–Kier alpha value is -2.93. The predicted octanol–water partition coefficient (Wildman–Crippen LogP) is 0.599. The highest BCUT2D eigenvalue weighted by molar-refractivity contribution is 8.00. The lowest BCUT2D eigenvalue weighted by atomic mass is 10.0. The van der Waals surface area contributed by atoms with E-state index >= 15 is 0 Å². The van der Waals surface area contributed by atoms with Gasteiger partial charge in [0.1, 0.15) is 29.4 Å². The molecule has 1 saturated heterocycles. The molecule has 0 bridgehead atoms. The molecule has 160 valence electrons. The van der Waals surface area contributed by atoms with Gasteiger partial charge in [-0.25, -0.2) is 9.78 Å². The normalized spacial score (nSPS) is 23.1. The molecule has 2 unspecified atom stereocenters. The van der Waals surface area contributed by atoms with Crippen molar-refractivity contribution in [2.75, 3.05) is 11.9 Å². The number of oxime groups is 1. The van der Waals surface area contributed by atoms with Crippen molar-refractivity contribution >= 4 is 58.1 Å². The van der Waals surface area contributed by atoms with Crippen LogP contribution in [0.1, 0.15) is 26.0 Å². The second-order valence-corrected chi connectivity index (χ2v) is 8.68. The number of carboxylic acid groups (broad SMARTS) is 1. The van der Waals surface area contributed by atoms with Crippen LogP contribution in [0.4, 0.5) is 5.13 Å². The maximum Gasteiger partial charge on any atom is 0.352 e. The second kappa shape index (κ2) is 9.26. The highest BCUT2D eigenvalue weighted by atomic mass is 32.2. The number of hydrogen-bond donors (Lipinski definition) is 3. The first-order valence-corrected chi connectivity index (χ1v) is 10.8. The van der Waals surface area contributed by atoms with Crippen LogP contribution >= 0.6 is 23.1 Å². The van der Waals surface area contributed by atoms with E-state index in [4.69, 9.17) is 4.84 Å². The molecule has 1 fully saturated rings. The number of thiazole rings is 1. The van der Waals surface area contributed by atoms with E-state index in [2.05, 4.69) is 20.8 Å². The molecule has 3 N–H and O–H groups in total. The number of thioether (sulfide) groups is 1. The number of anilines is 1. The molecule has 2 aliphatic heterocycles. The van der Waals surface area contributed by atoms with Crippen LogP contribution in [0.3, 0.4) is 0 Å².